The molecule has 0 aliphatic carbocycles. The largest absolute Gasteiger partial charge is 0.508 e. The Morgan fingerprint density at radius 2 is 1.84 bits per heavy atom. The molecule has 0 bridgehead atoms. The van der Waals surface area contributed by atoms with E-state index in [0.29, 0.717) is 11.3 Å². The Morgan fingerprint density at radius 3 is 2.58 bits per heavy atom. The molecule has 0 saturated carbocycles. The van der Waals surface area contributed by atoms with Gasteiger partial charge in [0.15, 0.2) is 5.60 Å². The Hall–Kier alpha value is -1.85. The smallest absolute Gasteiger partial charge is 0.266 e. The zero-order valence-corrected chi connectivity index (χ0v) is 11.3. The molecule has 0 unspecified atom stereocenters. The highest BCUT2D eigenvalue weighted by atomic mass is 79.9. The van der Waals surface area contributed by atoms with Crippen molar-refractivity contribution in [1.82, 2.24) is 0 Å². The minimum Gasteiger partial charge on any atom is -0.508 e. The highest BCUT2D eigenvalue weighted by molar-refractivity contribution is 9.10. The van der Waals surface area contributed by atoms with Gasteiger partial charge < -0.3 is 15.5 Å². The van der Waals surface area contributed by atoms with E-state index in [-0.39, 0.29) is 11.3 Å². The summed E-state index contributed by atoms with van der Waals surface area (Å²) in [6.45, 7) is 0. The van der Waals surface area contributed by atoms with E-state index in [1.54, 1.807) is 30.3 Å². The fourth-order valence-corrected chi connectivity index (χ4v) is 2.68. The number of halogens is 1. The number of hydrogen-bond acceptors (Lipinski definition) is 3. The van der Waals surface area contributed by atoms with Gasteiger partial charge in [-0.25, -0.2) is 0 Å². The number of rotatable bonds is 1. The van der Waals surface area contributed by atoms with Crippen LogP contribution in [0, 0.1) is 0 Å². The van der Waals surface area contributed by atoms with Crippen molar-refractivity contribution in [2.45, 2.75) is 5.60 Å². The van der Waals surface area contributed by atoms with Gasteiger partial charge in [0.25, 0.3) is 5.91 Å². The van der Waals surface area contributed by atoms with E-state index in [9.17, 15) is 15.0 Å². The van der Waals surface area contributed by atoms with Gasteiger partial charge in [0.05, 0.1) is 0 Å². The molecule has 0 spiro atoms. The highest BCUT2D eigenvalue weighted by Crippen LogP contribution is 2.44. The Labute approximate surface area is 117 Å². The van der Waals surface area contributed by atoms with Gasteiger partial charge in [-0.2, -0.15) is 0 Å². The first-order chi connectivity index (χ1) is 9.03. The molecule has 0 fully saturated rings. The molecule has 2 aromatic rings. The molecule has 19 heavy (non-hydrogen) atoms. The van der Waals surface area contributed by atoms with Crippen LogP contribution < -0.4 is 5.32 Å². The van der Waals surface area contributed by atoms with Crippen LogP contribution in [0.25, 0.3) is 0 Å². The molecule has 1 amide bonds. The third kappa shape index (κ3) is 1.66. The molecule has 0 aromatic heterocycles. The van der Waals surface area contributed by atoms with Gasteiger partial charge in [-0.3, -0.25) is 4.79 Å². The number of fused-ring (bicyclic) bond motifs is 1. The van der Waals surface area contributed by atoms with Gasteiger partial charge in [0.2, 0.25) is 0 Å². The van der Waals surface area contributed by atoms with Crippen molar-refractivity contribution in [1.29, 1.82) is 0 Å². The lowest BCUT2D eigenvalue weighted by atomic mass is 9.87. The quantitative estimate of drug-likeness (QED) is 0.755. The lowest BCUT2D eigenvalue weighted by Gasteiger charge is -2.22. The zero-order chi connectivity index (χ0) is 13.6. The van der Waals surface area contributed by atoms with Gasteiger partial charge >= 0.3 is 0 Å². The minimum absolute atomic E-state index is 0.115. The maximum atomic E-state index is 12.1. The van der Waals surface area contributed by atoms with Crippen molar-refractivity contribution in [2.24, 2.45) is 0 Å². The number of benzene rings is 2. The number of carbonyl (C=O) groups is 1. The Bertz CT molecular complexity index is 686. The lowest BCUT2D eigenvalue weighted by Crippen LogP contribution is -2.35. The maximum absolute atomic E-state index is 12.1. The summed E-state index contributed by atoms with van der Waals surface area (Å²) in [7, 11) is 0. The summed E-state index contributed by atoms with van der Waals surface area (Å²) in [5.74, 6) is -0.682. The molecule has 3 rings (SSSR count). The predicted molar refractivity (Wildman–Crippen MR) is 73.9 cm³/mol. The lowest BCUT2D eigenvalue weighted by molar-refractivity contribution is -0.129. The number of nitrogens with one attached hydrogen (secondary N) is 1. The van der Waals surface area contributed by atoms with E-state index < -0.39 is 11.5 Å². The SMILES string of the molecule is O=C1Nc2cc(Br)ccc2[C@@]1(O)c1ccccc1O. The molecular formula is C14H10BrNO3. The van der Waals surface area contributed by atoms with Gasteiger partial charge in [-0.05, 0) is 18.2 Å². The molecule has 0 radical (unpaired) electrons. The van der Waals surface area contributed by atoms with Crippen LogP contribution in [0.1, 0.15) is 11.1 Å². The van der Waals surface area contributed by atoms with Crippen molar-refractivity contribution in [3.63, 3.8) is 0 Å². The zero-order valence-electron chi connectivity index (χ0n) is 9.72. The Morgan fingerprint density at radius 1 is 1.11 bits per heavy atom. The monoisotopic (exact) mass is 319 g/mol. The van der Waals surface area contributed by atoms with Crippen LogP contribution in [-0.4, -0.2) is 16.1 Å². The number of amides is 1. The molecule has 0 saturated heterocycles. The van der Waals surface area contributed by atoms with Crippen LogP contribution in [0.2, 0.25) is 0 Å². The van der Waals surface area contributed by atoms with Crippen LogP contribution >= 0.6 is 15.9 Å². The average Bonchev–Trinajstić information content (AvgIpc) is 2.62. The summed E-state index contributed by atoms with van der Waals surface area (Å²) in [6.07, 6.45) is 0. The fourth-order valence-electron chi connectivity index (χ4n) is 2.32. The molecule has 1 aliphatic heterocycles. The summed E-state index contributed by atoms with van der Waals surface area (Å²) < 4.78 is 0.799. The van der Waals surface area contributed by atoms with Crippen LogP contribution in [0.5, 0.6) is 5.75 Å². The van der Waals surface area contributed by atoms with Crippen molar-refractivity contribution in [3.05, 3.63) is 58.1 Å². The van der Waals surface area contributed by atoms with Gasteiger partial charge in [-0.15, -0.1) is 0 Å². The molecule has 3 N–H and O–H groups in total. The van der Waals surface area contributed by atoms with E-state index in [1.165, 1.54) is 12.1 Å². The van der Waals surface area contributed by atoms with E-state index in [2.05, 4.69) is 21.2 Å². The topological polar surface area (TPSA) is 69.6 Å². The first kappa shape index (κ1) is 12.2. The van der Waals surface area contributed by atoms with Crippen LogP contribution in [0.3, 0.4) is 0 Å². The number of para-hydroxylation sites is 1. The number of aromatic hydroxyl groups is 1. The van der Waals surface area contributed by atoms with Crippen molar-refractivity contribution in [2.75, 3.05) is 5.32 Å². The Balaban J connectivity index is 2.26. The highest BCUT2D eigenvalue weighted by Gasteiger charge is 2.48. The standard InChI is InChI=1S/C14H10BrNO3/c15-8-5-6-9-11(7-8)16-13(18)14(9,19)10-3-1-2-4-12(10)17/h1-7,17,19H,(H,16,18)/t14-/m1/s1. The molecule has 4 nitrogen and oxygen atoms in total. The first-order valence-electron chi connectivity index (χ1n) is 5.66. The number of carbonyl (C=O) groups excluding carboxylic acids is 1. The summed E-state index contributed by atoms with van der Waals surface area (Å²) in [5, 5.41) is 23.3. The summed E-state index contributed by atoms with van der Waals surface area (Å²) in [5.41, 5.74) is -0.720. The molecule has 2 aromatic carbocycles. The molecular weight excluding hydrogens is 310 g/mol. The number of aliphatic hydroxyl groups is 1. The average molecular weight is 320 g/mol. The van der Waals surface area contributed by atoms with Crippen LogP contribution in [0.15, 0.2) is 46.9 Å². The van der Waals surface area contributed by atoms with Gasteiger partial charge in [0.1, 0.15) is 5.75 Å². The summed E-state index contributed by atoms with van der Waals surface area (Å²) >= 11 is 3.31. The second-order valence-electron chi connectivity index (χ2n) is 4.37. The van der Waals surface area contributed by atoms with Crippen molar-refractivity contribution < 1.29 is 15.0 Å². The fraction of sp³-hybridized carbons (Fsp3) is 0.0714. The molecule has 96 valence electrons. The third-order valence-corrected chi connectivity index (χ3v) is 3.74. The van der Waals surface area contributed by atoms with Crippen LogP contribution in [-0.2, 0) is 10.4 Å². The number of phenolic OH excluding ortho intramolecular Hbond substituents is 1. The van der Waals surface area contributed by atoms with E-state index in [4.69, 9.17) is 0 Å². The number of hydrogen-bond donors (Lipinski definition) is 3. The Kier molecular flexibility index (Phi) is 2.62. The second kappa shape index (κ2) is 4.08. The number of phenols is 1. The normalized spacial score (nSPS) is 21.1. The second-order valence-corrected chi connectivity index (χ2v) is 5.29. The summed E-state index contributed by atoms with van der Waals surface area (Å²) in [6, 6.07) is 11.4. The molecule has 1 heterocycles. The molecule has 1 atom stereocenters. The van der Waals surface area contributed by atoms with Crippen LogP contribution in [0.4, 0.5) is 5.69 Å². The van der Waals surface area contributed by atoms with E-state index >= 15 is 0 Å². The van der Waals surface area contributed by atoms with Crippen molar-refractivity contribution in [3.8, 4) is 5.75 Å². The van der Waals surface area contributed by atoms with Gasteiger partial charge in [-0.1, -0.05) is 40.2 Å². The maximum Gasteiger partial charge on any atom is 0.266 e. The summed E-state index contributed by atoms with van der Waals surface area (Å²) in [4.78, 5) is 12.1. The van der Waals surface area contributed by atoms with Crippen molar-refractivity contribution >= 4 is 27.5 Å². The van der Waals surface area contributed by atoms with E-state index in [1.807, 2.05) is 0 Å². The first-order valence-corrected chi connectivity index (χ1v) is 6.45. The molecule has 1 aliphatic rings. The third-order valence-electron chi connectivity index (χ3n) is 3.24. The number of anilines is 1. The predicted octanol–water partition coefficient (Wildman–Crippen LogP) is 2.34. The van der Waals surface area contributed by atoms with E-state index in [0.717, 1.165) is 4.47 Å². The minimum atomic E-state index is -1.86. The molecule has 5 heteroatoms. The van der Waals surface area contributed by atoms with Gasteiger partial charge in [0, 0.05) is 21.3 Å².